The van der Waals surface area contributed by atoms with E-state index in [1.165, 1.54) is 6.26 Å². The maximum absolute atomic E-state index is 8.02. The molecule has 0 unspecified atom stereocenters. The van der Waals surface area contributed by atoms with Crippen LogP contribution in [0.1, 0.15) is 14.9 Å². The van der Waals surface area contributed by atoms with Gasteiger partial charge in [-0.15, -0.1) is 0 Å². The summed E-state index contributed by atoms with van der Waals surface area (Å²) in [5.74, 6) is 0. The zero-order valence-electron chi connectivity index (χ0n) is 3.55. The smallest absolute Gasteiger partial charge is 0.110 e. The summed E-state index contributed by atoms with van der Waals surface area (Å²) in [4.78, 5) is 0. The molecule has 0 saturated heterocycles. The zero-order chi connectivity index (χ0) is 4.83. The average molecular weight is 120 g/mol. The van der Waals surface area contributed by atoms with Crippen LogP contribution < -0.4 is 0 Å². The second-order valence-electron chi connectivity index (χ2n) is 0.761. The summed E-state index contributed by atoms with van der Waals surface area (Å²) in [6.07, 6.45) is 1.30. The summed E-state index contributed by atoms with van der Waals surface area (Å²) < 4.78 is 4.50. The van der Waals surface area contributed by atoms with Crippen molar-refractivity contribution < 1.29 is 9.84 Å². The van der Waals surface area contributed by atoms with Gasteiger partial charge in [-0.3, -0.25) is 0 Å². The Kier molecular flexibility index (Phi) is 31.4. The van der Waals surface area contributed by atoms with Crippen molar-refractivity contribution in [3.63, 3.8) is 0 Å². The van der Waals surface area contributed by atoms with E-state index in [0.29, 0.717) is 6.61 Å². The summed E-state index contributed by atoms with van der Waals surface area (Å²) >= 11 is 0. The molecule has 0 aliphatic heterocycles. The third-order valence-corrected chi connectivity index (χ3v) is 0.327. The van der Waals surface area contributed by atoms with Crippen LogP contribution in [0.5, 0.6) is 0 Å². The third-order valence-electron chi connectivity index (χ3n) is 0.327. The largest absolute Gasteiger partial charge is 0.499 e. The topological polar surface area (TPSA) is 29.5 Å². The molecule has 8 heavy (non-hydrogen) atoms. The lowest BCUT2D eigenvalue weighted by Crippen LogP contribution is -1.90. The van der Waals surface area contributed by atoms with Crippen LogP contribution in [-0.4, -0.2) is 18.3 Å². The van der Waals surface area contributed by atoms with Gasteiger partial charge in [-0.1, -0.05) is 21.4 Å². The molecule has 0 saturated carbocycles. The van der Waals surface area contributed by atoms with Gasteiger partial charge in [0.1, 0.15) is 6.61 Å². The highest BCUT2D eigenvalue weighted by Crippen LogP contribution is 1.67. The maximum atomic E-state index is 8.02. The van der Waals surface area contributed by atoms with E-state index in [4.69, 9.17) is 5.11 Å². The lowest BCUT2D eigenvalue weighted by Gasteiger charge is -1.89. The van der Waals surface area contributed by atoms with E-state index in [0.717, 1.165) is 0 Å². The van der Waals surface area contributed by atoms with Gasteiger partial charge < -0.3 is 9.84 Å². The summed E-state index contributed by atoms with van der Waals surface area (Å²) in [5, 5.41) is 8.02. The molecule has 0 aromatic heterocycles. The van der Waals surface area contributed by atoms with E-state index < -0.39 is 0 Å². The van der Waals surface area contributed by atoms with Crippen LogP contribution >= 0.6 is 0 Å². The molecule has 0 aliphatic rings. The molecule has 0 aliphatic carbocycles. The zero-order valence-corrected chi connectivity index (χ0v) is 3.55. The molecule has 52 valence electrons. The summed E-state index contributed by atoms with van der Waals surface area (Å²) in [6, 6.07) is 0. The fraction of sp³-hybridized carbons (Fsp3) is 0.667. The second-order valence-corrected chi connectivity index (χ2v) is 0.761. The molecule has 0 rings (SSSR count). The number of hydrogen-bond acceptors (Lipinski definition) is 2. The van der Waals surface area contributed by atoms with Gasteiger partial charge in [0.15, 0.2) is 0 Å². The molecule has 0 aromatic carbocycles. The van der Waals surface area contributed by atoms with E-state index in [2.05, 4.69) is 11.3 Å². The monoisotopic (exact) mass is 120 g/mol. The van der Waals surface area contributed by atoms with Crippen LogP contribution in [0.25, 0.3) is 0 Å². The molecular formula is C6H16O2. The number of ether oxygens (including phenoxy) is 1. The molecular weight excluding hydrogens is 104 g/mol. The molecule has 0 aromatic rings. The lowest BCUT2D eigenvalue weighted by atomic mass is 10.8. The van der Waals surface area contributed by atoms with Gasteiger partial charge >= 0.3 is 0 Å². The van der Waals surface area contributed by atoms with Gasteiger partial charge in [0.2, 0.25) is 0 Å². The van der Waals surface area contributed by atoms with Crippen LogP contribution in [0.4, 0.5) is 0 Å². The molecule has 0 atom stereocenters. The summed E-state index contributed by atoms with van der Waals surface area (Å²) in [7, 11) is 0. The first-order valence-electron chi connectivity index (χ1n) is 1.75. The molecule has 2 heteroatoms. The van der Waals surface area contributed by atoms with E-state index in [9.17, 15) is 0 Å². The Morgan fingerprint density at radius 3 is 2.12 bits per heavy atom. The Labute approximate surface area is 51.8 Å². The third kappa shape index (κ3) is 17.8. The van der Waals surface area contributed by atoms with Crippen molar-refractivity contribution in [1.82, 2.24) is 0 Å². The van der Waals surface area contributed by atoms with Crippen molar-refractivity contribution >= 4 is 0 Å². The number of aliphatic hydroxyl groups excluding tert-OH is 1. The van der Waals surface area contributed by atoms with E-state index in [1.54, 1.807) is 0 Å². The molecule has 0 fully saturated rings. The molecule has 1 N–H and O–H groups in total. The Hall–Kier alpha value is -0.500. The molecule has 0 heterocycles. The average Bonchev–Trinajstić information content (AvgIpc) is 1.61. The molecule has 0 amide bonds. The SMILES string of the molecule is C.C.C=COCCO. The second kappa shape index (κ2) is 16.1. The minimum absolute atomic E-state index is 0. The van der Waals surface area contributed by atoms with E-state index >= 15 is 0 Å². The minimum atomic E-state index is 0. The number of aliphatic hydroxyl groups is 1. The first-order valence-corrected chi connectivity index (χ1v) is 1.75. The maximum Gasteiger partial charge on any atom is 0.110 e. The summed E-state index contributed by atoms with van der Waals surface area (Å²) in [6.45, 7) is 3.68. The Morgan fingerprint density at radius 2 is 2.00 bits per heavy atom. The van der Waals surface area contributed by atoms with Crippen molar-refractivity contribution in [2.75, 3.05) is 13.2 Å². The van der Waals surface area contributed by atoms with Crippen LogP contribution in [0.2, 0.25) is 0 Å². The highest BCUT2D eigenvalue weighted by molar-refractivity contribution is 4.46. The van der Waals surface area contributed by atoms with Crippen molar-refractivity contribution in [2.24, 2.45) is 0 Å². The quantitative estimate of drug-likeness (QED) is 0.450. The molecule has 0 radical (unpaired) electrons. The van der Waals surface area contributed by atoms with Crippen molar-refractivity contribution in [3.8, 4) is 0 Å². The normalized spacial score (nSPS) is 5.62. The number of hydrogen-bond donors (Lipinski definition) is 1. The number of rotatable bonds is 3. The van der Waals surface area contributed by atoms with Crippen molar-refractivity contribution in [1.29, 1.82) is 0 Å². The molecule has 0 bridgehead atoms. The Bertz CT molecular complexity index is 35.5. The van der Waals surface area contributed by atoms with Gasteiger partial charge in [0.05, 0.1) is 12.9 Å². The highest BCUT2D eigenvalue weighted by atomic mass is 16.5. The van der Waals surface area contributed by atoms with E-state index in [-0.39, 0.29) is 21.5 Å². The van der Waals surface area contributed by atoms with Crippen molar-refractivity contribution in [3.05, 3.63) is 12.8 Å². The first kappa shape index (κ1) is 15.6. The Morgan fingerprint density at radius 1 is 1.50 bits per heavy atom. The predicted molar refractivity (Wildman–Crippen MR) is 36.7 cm³/mol. The van der Waals surface area contributed by atoms with Crippen LogP contribution in [0, 0.1) is 0 Å². The fourth-order valence-corrected chi connectivity index (χ4v) is 0.136. The predicted octanol–water partition coefficient (Wildman–Crippen LogP) is 1.41. The first-order chi connectivity index (χ1) is 2.91. The minimum Gasteiger partial charge on any atom is -0.499 e. The van der Waals surface area contributed by atoms with Gasteiger partial charge in [0.25, 0.3) is 0 Å². The highest BCUT2D eigenvalue weighted by Gasteiger charge is 1.69. The van der Waals surface area contributed by atoms with Crippen LogP contribution in [-0.2, 0) is 4.74 Å². The molecule has 0 spiro atoms. The van der Waals surface area contributed by atoms with Gasteiger partial charge in [-0.25, -0.2) is 0 Å². The van der Waals surface area contributed by atoms with Crippen LogP contribution in [0.15, 0.2) is 12.8 Å². The standard InChI is InChI=1S/C4H8O2.2CH4/c1-2-6-4-3-5;;/h2,5H,1,3-4H2;2*1H4. The summed E-state index contributed by atoms with van der Waals surface area (Å²) in [5.41, 5.74) is 0. The van der Waals surface area contributed by atoms with Gasteiger partial charge in [-0.2, -0.15) is 0 Å². The van der Waals surface area contributed by atoms with Crippen LogP contribution in [0.3, 0.4) is 0 Å². The van der Waals surface area contributed by atoms with Gasteiger partial charge in [-0.05, 0) is 0 Å². The fourth-order valence-electron chi connectivity index (χ4n) is 0.136. The van der Waals surface area contributed by atoms with Crippen molar-refractivity contribution in [2.45, 2.75) is 14.9 Å². The lowest BCUT2D eigenvalue weighted by molar-refractivity contribution is 0.166. The van der Waals surface area contributed by atoms with Gasteiger partial charge in [0, 0.05) is 0 Å². The molecule has 2 nitrogen and oxygen atoms in total. The Balaban J connectivity index is -0.000000125. The van der Waals surface area contributed by atoms with E-state index in [1.807, 2.05) is 0 Å².